The minimum absolute atomic E-state index is 0.0372. The molecule has 0 bridgehead atoms. The van der Waals surface area contributed by atoms with Gasteiger partial charge in [0.1, 0.15) is 0 Å². The zero-order valence-electron chi connectivity index (χ0n) is 9.50. The lowest BCUT2D eigenvalue weighted by molar-refractivity contribution is 0.234. The molecule has 1 aliphatic heterocycles. The van der Waals surface area contributed by atoms with Gasteiger partial charge in [-0.3, -0.25) is 5.41 Å². The maximum atomic E-state index is 12.0. The van der Waals surface area contributed by atoms with E-state index in [0.717, 1.165) is 0 Å². The Labute approximate surface area is 111 Å². The highest BCUT2D eigenvalue weighted by molar-refractivity contribution is 7.89. The molecule has 0 radical (unpaired) electrons. The van der Waals surface area contributed by atoms with E-state index in [1.165, 1.54) is 12.1 Å². The van der Waals surface area contributed by atoms with E-state index in [1.807, 2.05) is 0 Å². The Morgan fingerprint density at radius 1 is 1.39 bits per heavy atom. The summed E-state index contributed by atoms with van der Waals surface area (Å²) < 4.78 is 26.5. The monoisotopic (exact) mass is 286 g/mol. The number of rotatable bonds is 3. The molecule has 0 aromatic heterocycles. The van der Waals surface area contributed by atoms with Crippen molar-refractivity contribution in [1.82, 2.24) is 9.62 Å². The van der Waals surface area contributed by atoms with Gasteiger partial charge in [-0.15, -0.1) is 12.6 Å². The number of nitrogens with one attached hydrogen (secondary N) is 2. The van der Waals surface area contributed by atoms with Crippen molar-refractivity contribution >= 4 is 28.6 Å². The van der Waals surface area contributed by atoms with Gasteiger partial charge in [0.05, 0.1) is 10.9 Å². The Bertz CT molecular complexity index is 550. The third-order valence-corrected chi connectivity index (χ3v) is 4.53. The fourth-order valence-corrected chi connectivity index (χ4v) is 3.03. The largest absolute Gasteiger partial charge is 0.370 e. The van der Waals surface area contributed by atoms with Gasteiger partial charge in [-0.05, 0) is 24.3 Å². The quantitative estimate of drug-likeness (QED) is 0.352. The molecule has 0 unspecified atom stereocenters. The predicted molar refractivity (Wildman–Crippen MR) is 71.3 cm³/mol. The number of benzene rings is 1. The molecule has 0 amide bonds. The number of hydrogen-bond acceptors (Lipinski definition) is 4. The van der Waals surface area contributed by atoms with Crippen molar-refractivity contribution in [2.75, 3.05) is 13.1 Å². The van der Waals surface area contributed by atoms with Crippen LogP contribution in [0.15, 0.2) is 34.1 Å². The highest BCUT2D eigenvalue weighted by atomic mass is 32.2. The second-order valence-electron chi connectivity index (χ2n) is 4.10. The van der Waals surface area contributed by atoms with Crippen LogP contribution >= 0.6 is 12.6 Å². The maximum absolute atomic E-state index is 12.0. The lowest BCUT2D eigenvalue weighted by atomic mass is 10.1. The number of likely N-dealkylation sites (tertiary alicyclic amines) is 1. The fraction of sp³-hybridized carbons (Fsp3) is 0.300. The molecule has 0 spiro atoms. The summed E-state index contributed by atoms with van der Waals surface area (Å²) in [5.41, 5.74) is 5.27. The molecule has 1 aliphatic rings. The summed E-state index contributed by atoms with van der Waals surface area (Å²) in [4.78, 5) is 2.51. The van der Waals surface area contributed by atoms with E-state index in [9.17, 15) is 8.42 Å². The van der Waals surface area contributed by atoms with E-state index in [4.69, 9.17) is 11.1 Å². The average Bonchev–Trinajstić information content (AvgIpc) is 2.23. The first-order valence-electron chi connectivity index (χ1n) is 5.29. The van der Waals surface area contributed by atoms with Gasteiger partial charge in [0, 0.05) is 18.0 Å². The Kier molecular flexibility index (Phi) is 3.51. The molecule has 1 fully saturated rings. The van der Waals surface area contributed by atoms with Crippen LogP contribution in [-0.2, 0) is 10.0 Å². The van der Waals surface area contributed by atoms with Crippen LogP contribution in [0, 0.1) is 5.41 Å². The van der Waals surface area contributed by atoms with Crippen LogP contribution in [0.5, 0.6) is 0 Å². The molecular formula is C10H14N4O2S2. The van der Waals surface area contributed by atoms with Crippen molar-refractivity contribution in [1.29, 1.82) is 5.41 Å². The molecule has 0 saturated carbocycles. The number of hydrogen-bond donors (Lipinski definition) is 4. The Hall–Kier alpha value is -1.25. The van der Waals surface area contributed by atoms with Gasteiger partial charge in [-0.2, -0.15) is 0 Å². The van der Waals surface area contributed by atoms with Crippen LogP contribution in [-0.4, -0.2) is 38.4 Å². The summed E-state index contributed by atoms with van der Waals surface area (Å²) in [7, 11) is -3.51. The molecule has 1 saturated heterocycles. The van der Waals surface area contributed by atoms with Gasteiger partial charge in [-0.1, -0.05) is 0 Å². The van der Waals surface area contributed by atoms with E-state index in [2.05, 4.69) is 17.4 Å². The SMILES string of the molecule is N=C(N)N1CC(NS(=O)(=O)c2ccc(S)cc2)C1. The molecular weight excluding hydrogens is 272 g/mol. The summed E-state index contributed by atoms with van der Waals surface area (Å²) in [5.74, 6) is -0.0372. The van der Waals surface area contributed by atoms with E-state index >= 15 is 0 Å². The standard InChI is InChI=1S/C10H14N4O2S2/c11-10(12)14-5-7(6-14)13-18(15,16)9-3-1-8(17)2-4-9/h1-4,7,13,17H,5-6H2,(H3,11,12). The van der Waals surface area contributed by atoms with Gasteiger partial charge < -0.3 is 10.6 Å². The average molecular weight is 286 g/mol. The molecule has 1 heterocycles. The van der Waals surface area contributed by atoms with Gasteiger partial charge in [-0.25, -0.2) is 13.1 Å². The second-order valence-corrected chi connectivity index (χ2v) is 6.33. The molecule has 4 N–H and O–H groups in total. The zero-order valence-corrected chi connectivity index (χ0v) is 11.2. The van der Waals surface area contributed by atoms with Crippen LogP contribution in [0.4, 0.5) is 0 Å². The van der Waals surface area contributed by atoms with Gasteiger partial charge in [0.15, 0.2) is 5.96 Å². The first kappa shape index (κ1) is 13.2. The summed E-state index contributed by atoms with van der Waals surface area (Å²) in [6.07, 6.45) is 0. The fourth-order valence-electron chi connectivity index (χ4n) is 1.66. The molecule has 98 valence electrons. The predicted octanol–water partition coefficient (Wildman–Crippen LogP) is -0.169. The van der Waals surface area contributed by atoms with Crippen molar-refractivity contribution in [2.45, 2.75) is 15.8 Å². The maximum Gasteiger partial charge on any atom is 0.240 e. The van der Waals surface area contributed by atoms with Crippen molar-refractivity contribution < 1.29 is 8.42 Å². The lowest BCUT2D eigenvalue weighted by Crippen LogP contribution is -2.62. The van der Waals surface area contributed by atoms with Crippen LogP contribution in [0.3, 0.4) is 0 Å². The van der Waals surface area contributed by atoms with E-state index in [1.54, 1.807) is 17.0 Å². The van der Waals surface area contributed by atoms with E-state index in [0.29, 0.717) is 18.0 Å². The van der Waals surface area contributed by atoms with Crippen molar-refractivity contribution in [2.24, 2.45) is 5.73 Å². The Morgan fingerprint density at radius 2 is 1.94 bits per heavy atom. The lowest BCUT2D eigenvalue weighted by Gasteiger charge is -2.39. The topological polar surface area (TPSA) is 99.3 Å². The third kappa shape index (κ3) is 2.77. The molecule has 6 nitrogen and oxygen atoms in total. The van der Waals surface area contributed by atoms with E-state index < -0.39 is 10.0 Å². The number of guanidine groups is 1. The molecule has 18 heavy (non-hydrogen) atoms. The minimum Gasteiger partial charge on any atom is -0.370 e. The molecule has 1 aromatic rings. The summed E-state index contributed by atoms with van der Waals surface area (Å²) in [6, 6.07) is 6.06. The summed E-state index contributed by atoms with van der Waals surface area (Å²) in [5, 5.41) is 7.18. The van der Waals surface area contributed by atoms with Crippen molar-refractivity contribution in [3.8, 4) is 0 Å². The van der Waals surface area contributed by atoms with Gasteiger partial charge >= 0.3 is 0 Å². The number of thiol groups is 1. The normalized spacial score (nSPS) is 16.4. The highest BCUT2D eigenvalue weighted by Crippen LogP contribution is 2.15. The molecule has 0 atom stereocenters. The highest BCUT2D eigenvalue weighted by Gasteiger charge is 2.31. The van der Waals surface area contributed by atoms with Gasteiger partial charge in [0.25, 0.3) is 0 Å². The van der Waals surface area contributed by atoms with Gasteiger partial charge in [0.2, 0.25) is 10.0 Å². The number of sulfonamides is 1. The first-order chi connectivity index (χ1) is 8.38. The molecule has 2 rings (SSSR count). The zero-order chi connectivity index (χ0) is 13.3. The minimum atomic E-state index is -3.51. The summed E-state index contributed by atoms with van der Waals surface area (Å²) in [6.45, 7) is 0.860. The van der Waals surface area contributed by atoms with Crippen molar-refractivity contribution in [3.05, 3.63) is 24.3 Å². The van der Waals surface area contributed by atoms with Crippen LogP contribution in [0.1, 0.15) is 0 Å². The van der Waals surface area contributed by atoms with Crippen LogP contribution in [0.25, 0.3) is 0 Å². The number of nitrogens with two attached hydrogens (primary N) is 1. The molecule has 1 aromatic carbocycles. The van der Waals surface area contributed by atoms with E-state index in [-0.39, 0.29) is 16.9 Å². The first-order valence-corrected chi connectivity index (χ1v) is 7.22. The number of nitrogens with zero attached hydrogens (tertiary/aromatic N) is 1. The Morgan fingerprint density at radius 3 is 2.44 bits per heavy atom. The third-order valence-electron chi connectivity index (χ3n) is 2.69. The smallest absolute Gasteiger partial charge is 0.240 e. The summed E-state index contributed by atoms with van der Waals surface area (Å²) >= 11 is 4.10. The second kappa shape index (κ2) is 4.79. The van der Waals surface area contributed by atoms with Crippen LogP contribution < -0.4 is 10.5 Å². The molecule has 8 heteroatoms. The molecule has 0 aliphatic carbocycles. The Balaban J connectivity index is 2.01. The van der Waals surface area contributed by atoms with Crippen molar-refractivity contribution in [3.63, 3.8) is 0 Å². The van der Waals surface area contributed by atoms with Crippen LogP contribution in [0.2, 0.25) is 0 Å².